The van der Waals surface area contributed by atoms with E-state index in [9.17, 15) is 14.6 Å². The molecular weight excluding hydrogens is 243 g/mol. The first kappa shape index (κ1) is 13.0. The zero-order valence-corrected chi connectivity index (χ0v) is 9.82. The lowest BCUT2D eigenvalue weighted by atomic mass is 9.98. The fraction of sp³-hybridized carbons (Fsp3) is 0.545. The number of hydrogen-bond acceptors (Lipinski definition) is 5. The molecule has 7 heteroatoms. The van der Waals surface area contributed by atoms with Crippen molar-refractivity contribution >= 4 is 5.90 Å². The molecule has 0 aromatic carbocycles. The smallest absolute Gasteiger partial charge is 0.214 e. The normalized spacial score (nSPS) is 40.2. The van der Waals surface area contributed by atoms with E-state index in [1.165, 1.54) is 24.1 Å². The zero-order chi connectivity index (χ0) is 13.5. The van der Waals surface area contributed by atoms with Gasteiger partial charge in [-0.2, -0.15) is 4.99 Å². The number of aliphatic hydroxyl groups excluding tert-OH is 3. The fourth-order valence-corrected chi connectivity index (χ4v) is 2.04. The molecule has 6 nitrogen and oxygen atoms in total. The summed E-state index contributed by atoms with van der Waals surface area (Å²) in [7, 11) is 0. The SMILES string of the molecule is C=C1N=C(O)C=CN1[C@@H]1O[C@H](CO)C(O)[C@@]1(C)F. The second-order valence-corrected chi connectivity index (χ2v) is 4.41. The van der Waals surface area contributed by atoms with Gasteiger partial charge in [0.15, 0.2) is 11.9 Å². The van der Waals surface area contributed by atoms with Gasteiger partial charge < -0.3 is 25.0 Å². The third-order valence-electron chi connectivity index (χ3n) is 3.08. The Morgan fingerprint density at radius 3 is 2.83 bits per heavy atom. The molecule has 2 aliphatic rings. The summed E-state index contributed by atoms with van der Waals surface area (Å²) in [6.45, 7) is 4.26. The number of nitrogens with zero attached hydrogens (tertiary/aromatic N) is 2. The Morgan fingerprint density at radius 1 is 1.67 bits per heavy atom. The first-order valence-corrected chi connectivity index (χ1v) is 5.44. The van der Waals surface area contributed by atoms with E-state index < -0.39 is 30.7 Å². The monoisotopic (exact) mass is 258 g/mol. The van der Waals surface area contributed by atoms with Crippen LogP contribution in [0, 0.1) is 0 Å². The van der Waals surface area contributed by atoms with Gasteiger partial charge in [-0.25, -0.2) is 4.39 Å². The van der Waals surface area contributed by atoms with Gasteiger partial charge in [0.1, 0.15) is 18.0 Å². The molecule has 2 heterocycles. The minimum absolute atomic E-state index is 0.0923. The minimum atomic E-state index is -2.09. The molecule has 4 atom stereocenters. The van der Waals surface area contributed by atoms with E-state index >= 15 is 0 Å². The van der Waals surface area contributed by atoms with Gasteiger partial charge in [-0.3, -0.25) is 0 Å². The van der Waals surface area contributed by atoms with Crippen LogP contribution in [0.3, 0.4) is 0 Å². The predicted molar refractivity (Wildman–Crippen MR) is 61.4 cm³/mol. The molecule has 1 saturated heterocycles. The van der Waals surface area contributed by atoms with Crippen LogP contribution in [0.1, 0.15) is 6.92 Å². The predicted octanol–water partition coefficient (Wildman–Crippen LogP) is 0.0497. The van der Waals surface area contributed by atoms with Crippen LogP contribution in [0.15, 0.2) is 29.7 Å². The van der Waals surface area contributed by atoms with Crippen molar-refractivity contribution in [2.24, 2.45) is 4.99 Å². The maximum Gasteiger partial charge on any atom is 0.214 e. The molecule has 18 heavy (non-hydrogen) atoms. The molecule has 0 aromatic heterocycles. The Kier molecular flexibility index (Phi) is 3.14. The molecule has 0 aliphatic carbocycles. The molecule has 0 spiro atoms. The lowest BCUT2D eigenvalue weighted by Crippen LogP contribution is -2.48. The van der Waals surface area contributed by atoms with E-state index in [0.717, 1.165) is 0 Å². The average Bonchev–Trinajstić information content (AvgIpc) is 2.52. The molecular formula is C11H15FN2O4. The van der Waals surface area contributed by atoms with Crippen molar-refractivity contribution in [1.29, 1.82) is 0 Å². The molecule has 3 N–H and O–H groups in total. The summed E-state index contributed by atoms with van der Waals surface area (Å²) in [4.78, 5) is 4.94. The number of rotatable bonds is 2. The Bertz CT molecular complexity index is 421. The molecule has 0 radical (unpaired) electrons. The van der Waals surface area contributed by atoms with Gasteiger partial charge >= 0.3 is 0 Å². The van der Waals surface area contributed by atoms with Crippen molar-refractivity contribution < 1.29 is 24.4 Å². The lowest BCUT2D eigenvalue weighted by Gasteiger charge is -2.33. The molecule has 2 rings (SSSR count). The van der Waals surface area contributed by atoms with Crippen LogP contribution in [0.2, 0.25) is 0 Å². The van der Waals surface area contributed by atoms with Gasteiger partial charge in [0, 0.05) is 12.3 Å². The van der Waals surface area contributed by atoms with Gasteiger partial charge in [-0.1, -0.05) is 6.58 Å². The Labute approximate surface area is 103 Å². The number of halogens is 1. The summed E-state index contributed by atoms with van der Waals surface area (Å²) in [6.07, 6.45) is -1.00. The highest BCUT2D eigenvalue weighted by molar-refractivity contribution is 5.87. The second-order valence-electron chi connectivity index (χ2n) is 4.41. The fourth-order valence-electron chi connectivity index (χ4n) is 2.04. The maximum absolute atomic E-state index is 14.4. The summed E-state index contributed by atoms with van der Waals surface area (Å²) in [5.74, 6) is -0.149. The van der Waals surface area contributed by atoms with Crippen LogP contribution in [0.4, 0.5) is 4.39 Å². The van der Waals surface area contributed by atoms with E-state index in [4.69, 9.17) is 9.84 Å². The van der Waals surface area contributed by atoms with Crippen molar-refractivity contribution in [3.05, 3.63) is 24.7 Å². The molecule has 0 aromatic rings. The third-order valence-corrected chi connectivity index (χ3v) is 3.08. The first-order valence-electron chi connectivity index (χ1n) is 5.44. The van der Waals surface area contributed by atoms with Crippen LogP contribution in [-0.2, 0) is 4.74 Å². The van der Waals surface area contributed by atoms with E-state index in [-0.39, 0.29) is 11.7 Å². The van der Waals surface area contributed by atoms with Crippen LogP contribution in [-0.4, -0.2) is 56.8 Å². The van der Waals surface area contributed by atoms with E-state index in [1.54, 1.807) is 0 Å². The summed E-state index contributed by atoms with van der Waals surface area (Å²) in [5.41, 5.74) is -2.09. The van der Waals surface area contributed by atoms with Gasteiger partial charge in [0.2, 0.25) is 5.90 Å². The Balaban J connectivity index is 2.25. The van der Waals surface area contributed by atoms with Crippen LogP contribution in [0.5, 0.6) is 0 Å². The summed E-state index contributed by atoms with van der Waals surface area (Å²) in [6, 6.07) is 0. The van der Waals surface area contributed by atoms with Crippen molar-refractivity contribution in [2.45, 2.75) is 31.0 Å². The lowest BCUT2D eigenvalue weighted by molar-refractivity contribution is -0.0767. The number of aliphatic imine (C=N–C) groups is 1. The number of aliphatic hydroxyl groups is 3. The second kappa shape index (κ2) is 4.34. The van der Waals surface area contributed by atoms with E-state index in [1.807, 2.05) is 0 Å². The van der Waals surface area contributed by atoms with Crippen molar-refractivity contribution in [2.75, 3.05) is 6.61 Å². The van der Waals surface area contributed by atoms with Crippen molar-refractivity contribution in [3.63, 3.8) is 0 Å². The number of alkyl halides is 1. The topological polar surface area (TPSA) is 85.5 Å². The van der Waals surface area contributed by atoms with Gasteiger partial charge in [0.05, 0.1) is 6.61 Å². The summed E-state index contributed by atoms with van der Waals surface area (Å²) >= 11 is 0. The highest BCUT2D eigenvalue weighted by atomic mass is 19.1. The van der Waals surface area contributed by atoms with E-state index in [2.05, 4.69) is 11.6 Å². The Morgan fingerprint density at radius 2 is 2.33 bits per heavy atom. The average molecular weight is 258 g/mol. The maximum atomic E-state index is 14.4. The molecule has 1 fully saturated rings. The number of hydrogen-bond donors (Lipinski definition) is 3. The number of ether oxygens (including phenoxy) is 1. The van der Waals surface area contributed by atoms with Gasteiger partial charge in [0.25, 0.3) is 0 Å². The quantitative estimate of drug-likeness (QED) is 0.651. The van der Waals surface area contributed by atoms with Crippen LogP contribution >= 0.6 is 0 Å². The molecule has 100 valence electrons. The van der Waals surface area contributed by atoms with E-state index in [0.29, 0.717) is 0 Å². The highest BCUT2D eigenvalue weighted by Crippen LogP contribution is 2.38. The zero-order valence-electron chi connectivity index (χ0n) is 9.82. The van der Waals surface area contributed by atoms with Gasteiger partial charge in [-0.15, -0.1) is 0 Å². The molecule has 1 unspecified atom stereocenters. The highest BCUT2D eigenvalue weighted by Gasteiger charge is 2.56. The molecule has 0 amide bonds. The molecule has 0 bridgehead atoms. The Hall–Kier alpha value is -1.44. The molecule has 2 aliphatic heterocycles. The summed E-state index contributed by atoms with van der Waals surface area (Å²) < 4.78 is 19.7. The van der Waals surface area contributed by atoms with Crippen LogP contribution < -0.4 is 0 Å². The van der Waals surface area contributed by atoms with Gasteiger partial charge in [-0.05, 0) is 6.92 Å². The minimum Gasteiger partial charge on any atom is -0.493 e. The van der Waals surface area contributed by atoms with Crippen molar-refractivity contribution in [1.82, 2.24) is 4.90 Å². The third kappa shape index (κ3) is 1.90. The molecule has 0 saturated carbocycles. The standard InChI is InChI=1S/C11H15FN2O4/c1-6-13-8(16)3-4-14(6)10-11(2,12)9(17)7(5-15)18-10/h3-4,7,9-10,15,17H,1,5H2,2H3,(H,13,16)/t7-,9?,10-,11-/m1/s1. The largest absolute Gasteiger partial charge is 0.493 e. The summed E-state index contributed by atoms with van der Waals surface area (Å²) in [5, 5.41) is 27.9. The van der Waals surface area contributed by atoms with Crippen LogP contribution in [0.25, 0.3) is 0 Å². The first-order chi connectivity index (χ1) is 8.37. The van der Waals surface area contributed by atoms with Crippen molar-refractivity contribution in [3.8, 4) is 0 Å².